The van der Waals surface area contributed by atoms with Crippen LogP contribution in [0.4, 0.5) is 15.9 Å². The molecule has 0 spiro atoms. The van der Waals surface area contributed by atoms with Crippen LogP contribution in [0.5, 0.6) is 0 Å². The number of anilines is 2. The number of aryl methyl sites for hydroxylation is 1. The Morgan fingerprint density at radius 1 is 1.11 bits per heavy atom. The molecule has 4 rings (SSSR count). The second-order valence-electron chi connectivity index (χ2n) is 9.08. The molecule has 7 nitrogen and oxygen atoms in total. The molecule has 2 amide bonds. The van der Waals surface area contributed by atoms with Gasteiger partial charge in [-0.25, -0.2) is 9.38 Å². The Hall–Kier alpha value is -3.72. The van der Waals surface area contributed by atoms with Crippen LogP contribution in [0.15, 0.2) is 71.4 Å². The third kappa shape index (κ3) is 5.68. The second kappa shape index (κ2) is 9.87. The van der Waals surface area contributed by atoms with Crippen molar-refractivity contribution in [3.63, 3.8) is 0 Å². The zero-order valence-electron chi connectivity index (χ0n) is 19.9. The van der Waals surface area contributed by atoms with Crippen LogP contribution in [0.1, 0.15) is 32.0 Å². The first-order chi connectivity index (χ1) is 16.6. The predicted octanol–water partition coefficient (Wildman–Crippen LogP) is 4.97. The fourth-order valence-electron chi connectivity index (χ4n) is 3.38. The van der Waals surface area contributed by atoms with Crippen LogP contribution in [0.3, 0.4) is 0 Å². The summed E-state index contributed by atoms with van der Waals surface area (Å²) in [6, 6.07) is 16.8. The zero-order chi connectivity index (χ0) is 25.2. The molecule has 1 aliphatic rings. The number of amidine groups is 1. The van der Waals surface area contributed by atoms with E-state index in [0.717, 1.165) is 23.0 Å². The van der Waals surface area contributed by atoms with Crippen molar-refractivity contribution in [2.75, 3.05) is 16.0 Å². The van der Waals surface area contributed by atoms with Crippen LogP contribution in [-0.2, 0) is 22.1 Å². The highest BCUT2D eigenvalue weighted by Gasteiger charge is 2.32. The number of thioether (sulfide) groups is 1. The number of amides is 2. The van der Waals surface area contributed by atoms with Crippen molar-refractivity contribution in [1.82, 2.24) is 9.78 Å². The number of halogens is 1. The third-order valence-corrected chi connectivity index (χ3v) is 6.20. The Morgan fingerprint density at radius 3 is 2.43 bits per heavy atom. The smallest absolute Gasteiger partial charge is 0.283 e. The standard InChI is InChI=1S/C26H26FN5O2S/c1-26(2,3)21-15-22(31(4)30-21)29-23(33)16-35-25-28-20(14-17-8-6-5-7-9-17)24(34)32(25)19-12-10-18(27)11-13-19/h5-15H,16H2,1-4H3,(H,29,33)/b20-14+. The molecular weight excluding hydrogens is 465 g/mol. The minimum atomic E-state index is -0.406. The molecule has 180 valence electrons. The molecular formula is C26H26FN5O2S. The molecule has 1 N–H and O–H groups in total. The van der Waals surface area contributed by atoms with Gasteiger partial charge in [0.2, 0.25) is 5.91 Å². The molecule has 1 aromatic heterocycles. The Balaban J connectivity index is 1.54. The topological polar surface area (TPSA) is 79.6 Å². The largest absolute Gasteiger partial charge is 0.310 e. The summed E-state index contributed by atoms with van der Waals surface area (Å²) in [5, 5.41) is 7.69. The van der Waals surface area contributed by atoms with Crippen molar-refractivity contribution in [3.8, 4) is 0 Å². The van der Waals surface area contributed by atoms with Crippen LogP contribution >= 0.6 is 11.8 Å². The predicted molar refractivity (Wildman–Crippen MR) is 139 cm³/mol. The van der Waals surface area contributed by atoms with E-state index in [-0.39, 0.29) is 28.7 Å². The molecule has 0 aliphatic carbocycles. The quantitative estimate of drug-likeness (QED) is 0.511. The highest BCUT2D eigenvalue weighted by molar-refractivity contribution is 8.14. The number of aromatic nitrogens is 2. The van der Waals surface area contributed by atoms with Gasteiger partial charge in [0, 0.05) is 18.5 Å². The number of benzene rings is 2. The Kier molecular flexibility index (Phi) is 6.88. The molecule has 0 saturated carbocycles. The number of carbonyl (C=O) groups is 2. The fraction of sp³-hybridized carbons (Fsp3) is 0.231. The van der Waals surface area contributed by atoms with E-state index in [9.17, 15) is 14.0 Å². The molecule has 0 saturated heterocycles. The molecule has 2 aromatic carbocycles. The fourth-order valence-corrected chi connectivity index (χ4v) is 4.19. The van der Waals surface area contributed by atoms with Crippen molar-refractivity contribution in [2.45, 2.75) is 26.2 Å². The number of aliphatic imine (C=N–C) groups is 1. The molecule has 0 unspecified atom stereocenters. The van der Waals surface area contributed by atoms with Crippen molar-refractivity contribution >= 4 is 46.3 Å². The van der Waals surface area contributed by atoms with Crippen LogP contribution in [-0.4, -0.2) is 32.5 Å². The number of nitrogens with zero attached hydrogens (tertiary/aromatic N) is 4. The normalized spacial score (nSPS) is 15.0. The summed E-state index contributed by atoms with van der Waals surface area (Å²) in [6.07, 6.45) is 1.69. The monoisotopic (exact) mass is 491 g/mol. The highest BCUT2D eigenvalue weighted by Crippen LogP contribution is 2.30. The van der Waals surface area contributed by atoms with Gasteiger partial charge < -0.3 is 5.32 Å². The molecule has 35 heavy (non-hydrogen) atoms. The van der Waals surface area contributed by atoms with Crippen LogP contribution in [0.2, 0.25) is 0 Å². The van der Waals surface area contributed by atoms with Crippen LogP contribution < -0.4 is 10.2 Å². The van der Waals surface area contributed by atoms with Gasteiger partial charge in [-0.05, 0) is 35.9 Å². The van der Waals surface area contributed by atoms with Gasteiger partial charge in [0.05, 0.1) is 17.1 Å². The van der Waals surface area contributed by atoms with E-state index in [1.54, 1.807) is 17.8 Å². The maximum atomic E-state index is 13.5. The van der Waals surface area contributed by atoms with Crippen LogP contribution in [0.25, 0.3) is 6.08 Å². The Bertz CT molecular complexity index is 1310. The van der Waals surface area contributed by atoms with Crippen LogP contribution in [0, 0.1) is 5.82 Å². The lowest BCUT2D eigenvalue weighted by atomic mass is 9.92. The van der Waals surface area contributed by atoms with Gasteiger partial charge in [-0.15, -0.1) is 0 Å². The van der Waals surface area contributed by atoms with E-state index in [1.807, 2.05) is 36.4 Å². The average Bonchev–Trinajstić information content (AvgIpc) is 3.33. The van der Waals surface area contributed by atoms with E-state index in [2.05, 4.69) is 36.2 Å². The number of hydrogen-bond donors (Lipinski definition) is 1. The van der Waals surface area contributed by atoms with Crippen molar-refractivity contribution < 1.29 is 14.0 Å². The van der Waals surface area contributed by atoms with Gasteiger partial charge in [-0.2, -0.15) is 5.10 Å². The summed E-state index contributed by atoms with van der Waals surface area (Å²) in [5.74, 6) is -0.391. The van der Waals surface area contributed by atoms with Gasteiger partial charge in [-0.1, -0.05) is 62.9 Å². The van der Waals surface area contributed by atoms with Gasteiger partial charge >= 0.3 is 0 Å². The first-order valence-corrected chi connectivity index (χ1v) is 12.0. The molecule has 0 atom stereocenters. The van der Waals surface area contributed by atoms with E-state index < -0.39 is 5.82 Å². The molecule has 3 aromatic rings. The SMILES string of the molecule is Cn1nc(C(C)(C)C)cc1NC(=O)CSC1=N/C(=C/c2ccccc2)C(=O)N1c1ccc(F)cc1. The minimum absolute atomic E-state index is 0.0262. The van der Waals surface area contributed by atoms with Crippen molar-refractivity contribution in [2.24, 2.45) is 12.0 Å². The first-order valence-electron chi connectivity index (χ1n) is 11.0. The summed E-state index contributed by atoms with van der Waals surface area (Å²) in [7, 11) is 1.77. The molecule has 9 heteroatoms. The lowest BCUT2D eigenvalue weighted by molar-refractivity contribution is -0.114. The lowest BCUT2D eigenvalue weighted by Gasteiger charge is -2.17. The molecule has 2 heterocycles. The van der Waals surface area contributed by atoms with E-state index in [4.69, 9.17) is 0 Å². The maximum Gasteiger partial charge on any atom is 0.283 e. The molecule has 1 aliphatic heterocycles. The summed E-state index contributed by atoms with van der Waals surface area (Å²) in [5.41, 5.74) is 2.26. The summed E-state index contributed by atoms with van der Waals surface area (Å²) >= 11 is 1.13. The van der Waals surface area contributed by atoms with Crippen molar-refractivity contribution in [1.29, 1.82) is 0 Å². The maximum absolute atomic E-state index is 13.5. The van der Waals surface area contributed by atoms with Gasteiger partial charge in [0.15, 0.2) is 5.17 Å². The Labute approximate surface area is 207 Å². The number of rotatable bonds is 5. The lowest BCUT2D eigenvalue weighted by Crippen LogP contribution is -2.31. The third-order valence-electron chi connectivity index (χ3n) is 5.27. The summed E-state index contributed by atoms with van der Waals surface area (Å²) in [4.78, 5) is 31.8. The van der Waals surface area contributed by atoms with Gasteiger partial charge in [-0.3, -0.25) is 19.2 Å². The highest BCUT2D eigenvalue weighted by atomic mass is 32.2. The minimum Gasteiger partial charge on any atom is -0.310 e. The van der Waals surface area contributed by atoms with Gasteiger partial charge in [0.1, 0.15) is 17.3 Å². The molecule has 0 bridgehead atoms. The number of nitrogens with one attached hydrogen (secondary N) is 1. The summed E-state index contributed by atoms with van der Waals surface area (Å²) < 4.78 is 15.1. The van der Waals surface area contributed by atoms with Crippen molar-refractivity contribution in [3.05, 3.63) is 83.4 Å². The van der Waals surface area contributed by atoms with E-state index in [0.29, 0.717) is 16.7 Å². The van der Waals surface area contributed by atoms with Gasteiger partial charge in [0.25, 0.3) is 5.91 Å². The average molecular weight is 492 g/mol. The molecule has 0 radical (unpaired) electrons. The number of carbonyl (C=O) groups excluding carboxylic acids is 2. The number of hydrogen-bond acceptors (Lipinski definition) is 5. The zero-order valence-corrected chi connectivity index (χ0v) is 20.8. The first kappa shape index (κ1) is 24.4. The summed E-state index contributed by atoms with van der Waals surface area (Å²) in [6.45, 7) is 6.16. The second-order valence-corrected chi connectivity index (χ2v) is 10.0. The Morgan fingerprint density at radius 2 is 1.80 bits per heavy atom. The van der Waals surface area contributed by atoms with E-state index in [1.165, 1.54) is 29.2 Å². The molecule has 0 fully saturated rings. The van der Waals surface area contributed by atoms with E-state index >= 15 is 0 Å².